The number of primary amides is 1. The highest BCUT2D eigenvalue weighted by atomic mass is 16.2. The Labute approximate surface area is 112 Å². The van der Waals surface area contributed by atoms with E-state index in [4.69, 9.17) is 11.5 Å². The molecule has 0 aliphatic carbocycles. The molecule has 0 aliphatic heterocycles. The topological polar surface area (TPSA) is 110 Å². The molecule has 0 bridgehead atoms. The van der Waals surface area contributed by atoms with Crippen LogP contribution in [0.1, 0.15) is 30.6 Å². The smallest absolute Gasteiger partial charge is 0.250 e. The summed E-state index contributed by atoms with van der Waals surface area (Å²) in [5, 5.41) is 5.79. The minimum absolute atomic E-state index is 0.0430. The molecule has 6 N–H and O–H groups in total. The lowest BCUT2D eigenvalue weighted by Crippen LogP contribution is -2.31. The van der Waals surface area contributed by atoms with Crippen LogP contribution >= 0.6 is 0 Å². The van der Waals surface area contributed by atoms with Crippen LogP contribution in [0, 0.1) is 0 Å². The van der Waals surface area contributed by atoms with Gasteiger partial charge in [0.1, 0.15) is 0 Å². The molecule has 6 nitrogen and oxygen atoms in total. The molecular weight excluding hydrogens is 244 g/mol. The third-order valence-corrected chi connectivity index (χ3v) is 2.43. The Balaban J connectivity index is 2.58. The Morgan fingerprint density at radius 2 is 2.00 bits per heavy atom. The molecule has 0 atom stereocenters. The first-order valence-corrected chi connectivity index (χ1v) is 6.12. The molecule has 0 spiro atoms. The zero-order valence-electron chi connectivity index (χ0n) is 11.2. The van der Waals surface area contributed by atoms with Crippen molar-refractivity contribution in [1.82, 2.24) is 5.32 Å². The van der Waals surface area contributed by atoms with Crippen molar-refractivity contribution in [3.8, 4) is 0 Å². The fourth-order valence-corrected chi connectivity index (χ4v) is 1.62. The molecule has 19 heavy (non-hydrogen) atoms. The summed E-state index contributed by atoms with van der Waals surface area (Å²) in [5.41, 5.74) is 12.2. The first-order valence-electron chi connectivity index (χ1n) is 6.12. The zero-order chi connectivity index (χ0) is 14.4. The van der Waals surface area contributed by atoms with Crippen molar-refractivity contribution < 1.29 is 9.59 Å². The highest BCUT2D eigenvalue weighted by Gasteiger charge is 2.09. The molecule has 1 rings (SSSR count). The van der Waals surface area contributed by atoms with Crippen LogP contribution in [0.3, 0.4) is 0 Å². The fourth-order valence-electron chi connectivity index (χ4n) is 1.62. The molecule has 0 radical (unpaired) electrons. The molecule has 0 saturated heterocycles. The lowest BCUT2D eigenvalue weighted by atomic mass is 10.1. The number of hydrogen-bond donors (Lipinski definition) is 4. The lowest BCUT2D eigenvalue weighted by Gasteiger charge is -2.12. The van der Waals surface area contributed by atoms with Gasteiger partial charge in [0.2, 0.25) is 5.91 Å². The maximum absolute atomic E-state index is 11.5. The molecular formula is C13H20N4O2. The van der Waals surface area contributed by atoms with Crippen LogP contribution in [0.4, 0.5) is 11.4 Å². The highest BCUT2D eigenvalue weighted by molar-refractivity contribution is 5.99. The molecule has 0 aliphatic rings. The van der Waals surface area contributed by atoms with E-state index >= 15 is 0 Å². The predicted octanol–water partition coefficient (Wildman–Crippen LogP) is 0.694. The standard InChI is InChI=1S/C13H20N4O2/c1-8(2)17-12(18)5-6-16-11-4-3-9(14)7-10(11)13(15)19/h3-4,7-8,16H,5-6,14H2,1-2H3,(H2,15,19)(H,17,18). The van der Waals surface area contributed by atoms with E-state index in [1.54, 1.807) is 12.1 Å². The summed E-state index contributed by atoms with van der Waals surface area (Å²) in [5.74, 6) is -0.597. The van der Waals surface area contributed by atoms with Gasteiger partial charge in [-0.05, 0) is 32.0 Å². The molecule has 1 aromatic rings. The second-order valence-electron chi connectivity index (χ2n) is 4.57. The molecule has 0 heterocycles. The number of benzene rings is 1. The van der Waals surface area contributed by atoms with Crippen molar-refractivity contribution in [1.29, 1.82) is 0 Å². The summed E-state index contributed by atoms with van der Waals surface area (Å²) < 4.78 is 0. The summed E-state index contributed by atoms with van der Waals surface area (Å²) in [7, 11) is 0. The van der Waals surface area contributed by atoms with E-state index in [-0.39, 0.29) is 11.9 Å². The number of nitrogens with two attached hydrogens (primary N) is 2. The Morgan fingerprint density at radius 1 is 1.32 bits per heavy atom. The predicted molar refractivity (Wildman–Crippen MR) is 75.8 cm³/mol. The van der Waals surface area contributed by atoms with Crippen LogP contribution in [0.2, 0.25) is 0 Å². The Kier molecular flexibility index (Phi) is 5.17. The number of hydrogen-bond acceptors (Lipinski definition) is 4. The monoisotopic (exact) mass is 264 g/mol. The van der Waals surface area contributed by atoms with E-state index in [2.05, 4.69) is 10.6 Å². The van der Waals surface area contributed by atoms with E-state index < -0.39 is 5.91 Å². The summed E-state index contributed by atoms with van der Waals surface area (Å²) in [4.78, 5) is 22.7. The van der Waals surface area contributed by atoms with Crippen LogP contribution in [-0.4, -0.2) is 24.4 Å². The SMILES string of the molecule is CC(C)NC(=O)CCNc1ccc(N)cc1C(N)=O. The van der Waals surface area contributed by atoms with Crippen LogP contribution in [0.25, 0.3) is 0 Å². The Bertz CT molecular complexity index is 472. The summed E-state index contributed by atoms with van der Waals surface area (Å²) in [6, 6.07) is 4.97. The Morgan fingerprint density at radius 3 is 2.58 bits per heavy atom. The normalized spacial score (nSPS) is 10.3. The average Bonchev–Trinajstić information content (AvgIpc) is 2.29. The fraction of sp³-hybridized carbons (Fsp3) is 0.385. The largest absolute Gasteiger partial charge is 0.399 e. The lowest BCUT2D eigenvalue weighted by molar-refractivity contribution is -0.121. The molecule has 0 unspecified atom stereocenters. The van der Waals surface area contributed by atoms with E-state index in [1.807, 2.05) is 13.8 Å². The number of nitrogen functional groups attached to an aromatic ring is 1. The Hall–Kier alpha value is -2.24. The number of rotatable bonds is 6. The molecule has 2 amide bonds. The number of carbonyl (C=O) groups is 2. The van der Waals surface area contributed by atoms with Gasteiger partial charge in [-0.25, -0.2) is 0 Å². The van der Waals surface area contributed by atoms with Gasteiger partial charge in [0.25, 0.3) is 5.91 Å². The maximum atomic E-state index is 11.5. The van der Waals surface area contributed by atoms with Gasteiger partial charge < -0.3 is 22.1 Å². The van der Waals surface area contributed by atoms with Crippen molar-refractivity contribution in [2.75, 3.05) is 17.6 Å². The van der Waals surface area contributed by atoms with Crippen molar-refractivity contribution >= 4 is 23.2 Å². The third kappa shape index (κ3) is 4.87. The van der Waals surface area contributed by atoms with Gasteiger partial charge in [0, 0.05) is 30.4 Å². The summed E-state index contributed by atoms with van der Waals surface area (Å²) >= 11 is 0. The molecule has 0 aromatic heterocycles. The van der Waals surface area contributed by atoms with Gasteiger partial charge in [-0.15, -0.1) is 0 Å². The molecule has 1 aromatic carbocycles. The van der Waals surface area contributed by atoms with Crippen LogP contribution in [0.5, 0.6) is 0 Å². The average molecular weight is 264 g/mol. The van der Waals surface area contributed by atoms with Crippen LogP contribution < -0.4 is 22.1 Å². The number of carbonyl (C=O) groups excluding carboxylic acids is 2. The van der Waals surface area contributed by atoms with Gasteiger partial charge in [-0.2, -0.15) is 0 Å². The van der Waals surface area contributed by atoms with Gasteiger partial charge in [0.05, 0.1) is 5.56 Å². The first-order chi connectivity index (χ1) is 8.90. The third-order valence-electron chi connectivity index (χ3n) is 2.43. The minimum atomic E-state index is -0.554. The zero-order valence-corrected chi connectivity index (χ0v) is 11.2. The number of anilines is 2. The van der Waals surface area contributed by atoms with Gasteiger partial charge in [-0.1, -0.05) is 0 Å². The molecule has 6 heteroatoms. The van der Waals surface area contributed by atoms with E-state index in [0.717, 1.165) is 0 Å². The molecule has 0 saturated carbocycles. The maximum Gasteiger partial charge on any atom is 0.250 e. The van der Waals surface area contributed by atoms with Gasteiger partial charge in [-0.3, -0.25) is 9.59 Å². The molecule has 104 valence electrons. The highest BCUT2D eigenvalue weighted by Crippen LogP contribution is 2.18. The number of nitrogens with one attached hydrogen (secondary N) is 2. The quantitative estimate of drug-likeness (QED) is 0.567. The van der Waals surface area contributed by atoms with E-state index in [0.29, 0.717) is 29.9 Å². The van der Waals surface area contributed by atoms with Crippen LogP contribution in [0.15, 0.2) is 18.2 Å². The summed E-state index contributed by atoms with van der Waals surface area (Å²) in [6.07, 6.45) is 0.320. The number of amides is 2. The van der Waals surface area contributed by atoms with Crippen molar-refractivity contribution in [3.05, 3.63) is 23.8 Å². The van der Waals surface area contributed by atoms with E-state index in [9.17, 15) is 9.59 Å². The van der Waals surface area contributed by atoms with Crippen LogP contribution in [-0.2, 0) is 4.79 Å². The minimum Gasteiger partial charge on any atom is -0.399 e. The van der Waals surface area contributed by atoms with Crippen molar-refractivity contribution in [2.45, 2.75) is 26.3 Å². The van der Waals surface area contributed by atoms with Gasteiger partial charge >= 0.3 is 0 Å². The second kappa shape index (κ2) is 6.63. The van der Waals surface area contributed by atoms with Gasteiger partial charge in [0.15, 0.2) is 0 Å². The van der Waals surface area contributed by atoms with Crippen molar-refractivity contribution in [2.24, 2.45) is 5.73 Å². The first kappa shape index (κ1) is 14.8. The van der Waals surface area contributed by atoms with Crippen molar-refractivity contribution in [3.63, 3.8) is 0 Å². The molecule has 0 fully saturated rings. The summed E-state index contributed by atoms with van der Waals surface area (Å²) in [6.45, 7) is 4.22. The second-order valence-corrected chi connectivity index (χ2v) is 4.57. The van der Waals surface area contributed by atoms with E-state index in [1.165, 1.54) is 6.07 Å².